The molecule has 2 aromatic rings. The first kappa shape index (κ1) is 15.9. The lowest BCUT2D eigenvalue weighted by molar-refractivity contribution is 0.0658. The van der Waals surface area contributed by atoms with Gasteiger partial charge >= 0.3 is 0 Å². The van der Waals surface area contributed by atoms with Crippen LogP contribution in [-0.4, -0.2) is 31.9 Å². The molecule has 0 radical (unpaired) electrons. The van der Waals surface area contributed by atoms with Gasteiger partial charge in [-0.1, -0.05) is 12.1 Å². The second-order valence-electron chi connectivity index (χ2n) is 5.02. The Balaban J connectivity index is 2.02. The van der Waals surface area contributed by atoms with Crippen molar-refractivity contribution >= 4 is 10.9 Å². The molecule has 1 aromatic heterocycles. The van der Waals surface area contributed by atoms with Crippen molar-refractivity contribution in [3.63, 3.8) is 0 Å². The van der Waals surface area contributed by atoms with E-state index >= 15 is 0 Å². The average molecular weight is 289 g/mol. The molecule has 5 heteroatoms. The Morgan fingerprint density at radius 2 is 2.05 bits per heavy atom. The molecular formula is C16H23N3O2. The largest absolute Gasteiger partial charge is 0.382 e. The van der Waals surface area contributed by atoms with Crippen LogP contribution < -0.4 is 11.3 Å². The van der Waals surface area contributed by atoms with E-state index in [1.54, 1.807) is 7.11 Å². The number of hydrogen-bond donors (Lipinski definition) is 2. The zero-order valence-electron chi connectivity index (χ0n) is 12.6. The lowest BCUT2D eigenvalue weighted by Gasteiger charge is -2.17. The summed E-state index contributed by atoms with van der Waals surface area (Å²) in [4.78, 5) is 4.51. The number of pyridine rings is 1. The van der Waals surface area contributed by atoms with Crippen LogP contribution in [0.4, 0.5) is 0 Å². The maximum Gasteiger partial charge on any atom is 0.0705 e. The van der Waals surface area contributed by atoms with Crippen LogP contribution in [-0.2, 0) is 9.47 Å². The molecule has 2 rings (SSSR count). The number of aryl methyl sites for hydroxylation is 1. The van der Waals surface area contributed by atoms with Gasteiger partial charge in [0, 0.05) is 30.8 Å². The summed E-state index contributed by atoms with van der Waals surface area (Å²) in [5, 5.41) is 1.12. The molecule has 0 bridgehead atoms. The predicted octanol–water partition coefficient (Wildman–Crippen LogP) is 2.10. The first-order valence-electron chi connectivity index (χ1n) is 7.14. The van der Waals surface area contributed by atoms with Crippen LogP contribution in [0.3, 0.4) is 0 Å². The number of fused-ring (bicyclic) bond motifs is 1. The van der Waals surface area contributed by atoms with Crippen molar-refractivity contribution in [1.82, 2.24) is 10.4 Å². The average Bonchev–Trinajstić information content (AvgIpc) is 2.50. The van der Waals surface area contributed by atoms with Gasteiger partial charge in [-0.2, -0.15) is 0 Å². The molecule has 114 valence electrons. The molecule has 1 aromatic carbocycles. The molecule has 1 atom stereocenters. The first-order valence-corrected chi connectivity index (χ1v) is 7.14. The summed E-state index contributed by atoms with van der Waals surface area (Å²) in [5.41, 5.74) is 6.03. The SMILES string of the molecule is COCCOCCC(NN)c1ccc2nc(C)ccc2c1. The van der Waals surface area contributed by atoms with Crippen LogP contribution in [0.5, 0.6) is 0 Å². The molecule has 1 unspecified atom stereocenters. The molecular weight excluding hydrogens is 266 g/mol. The third-order valence-electron chi connectivity index (χ3n) is 3.44. The molecule has 0 fully saturated rings. The molecule has 0 saturated heterocycles. The molecule has 21 heavy (non-hydrogen) atoms. The fraction of sp³-hybridized carbons (Fsp3) is 0.438. The van der Waals surface area contributed by atoms with Crippen LogP contribution >= 0.6 is 0 Å². The van der Waals surface area contributed by atoms with Crippen LogP contribution in [0.15, 0.2) is 30.3 Å². The number of nitrogens with zero attached hydrogens (tertiary/aromatic N) is 1. The minimum atomic E-state index is 0.0678. The number of benzene rings is 1. The molecule has 0 spiro atoms. The van der Waals surface area contributed by atoms with E-state index in [1.165, 1.54) is 0 Å². The molecule has 0 aliphatic heterocycles. The Bertz CT molecular complexity index is 574. The highest BCUT2D eigenvalue weighted by Crippen LogP contribution is 2.21. The minimum absolute atomic E-state index is 0.0678. The van der Waals surface area contributed by atoms with Crippen molar-refractivity contribution in [2.75, 3.05) is 26.9 Å². The Hall–Kier alpha value is -1.53. The van der Waals surface area contributed by atoms with E-state index in [2.05, 4.69) is 28.6 Å². The van der Waals surface area contributed by atoms with Crippen molar-refractivity contribution in [3.05, 3.63) is 41.6 Å². The molecule has 0 saturated carbocycles. The van der Waals surface area contributed by atoms with Gasteiger partial charge < -0.3 is 9.47 Å². The summed E-state index contributed by atoms with van der Waals surface area (Å²) in [6.45, 7) is 3.85. The quantitative estimate of drug-likeness (QED) is 0.442. The zero-order chi connectivity index (χ0) is 15.1. The van der Waals surface area contributed by atoms with E-state index in [4.69, 9.17) is 15.3 Å². The number of nitrogens with one attached hydrogen (secondary N) is 1. The highest BCUT2D eigenvalue weighted by molar-refractivity contribution is 5.79. The summed E-state index contributed by atoms with van der Waals surface area (Å²) >= 11 is 0. The second-order valence-corrected chi connectivity index (χ2v) is 5.02. The summed E-state index contributed by atoms with van der Waals surface area (Å²) in [5.74, 6) is 5.67. The van der Waals surface area contributed by atoms with Gasteiger partial charge in [-0.05, 0) is 37.1 Å². The van der Waals surface area contributed by atoms with Crippen molar-refractivity contribution < 1.29 is 9.47 Å². The number of ether oxygens (including phenoxy) is 2. The molecule has 1 heterocycles. The zero-order valence-corrected chi connectivity index (χ0v) is 12.6. The maximum atomic E-state index is 5.67. The fourth-order valence-electron chi connectivity index (χ4n) is 2.25. The lowest BCUT2D eigenvalue weighted by Crippen LogP contribution is -2.29. The number of nitrogens with two attached hydrogens (primary N) is 1. The highest BCUT2D eigenvalue weighted by Gasteiger charge is 2.10. The normalized spacial score (nSPS) is 12.7. The molecule has 3 N–H and O–H groups in total. The Morgan fingerprint density at radius 3 is 2.81 bits per heavy atom. The van der Waals surface area contributed by atoms with Crippen LogP contribution in [0.1, 0.15) is 23.7 Å². The van der Waals surface area contributed by atoms with Gasteiger partial charge in [-0.3, -0.25) is 16.3 Å². The minimum Gasteiger partial charge on any atom is -0.382 e. The van der Waals surface area contributed by atoms with Crippen molar-refractivity contribution in [1.29, 1.82) is 0 Å². The molecule has 0 amide bonds. The van der Waals surface area contributed by atoms with Crippen molar-refractivity contribution in [3.8, 4) is 0 Å². The van der Waals surface area contributed by atoms with Crippen LogP contribution in [0.25, 0.3) is 10.9 Å². The fourth-order valence-corrected chi connectivity index (χ4v) is 2.25. The van der Waals surface area contributed by atoms with E-state index in [0.717, 1.165) is 28.6 Å². The standard InChI is InChI=1S/C16H23N3O2/c1-12-3-4-13-11-14(5-6-15(13)18-12)16(19-17)7-8-21-10-9-20-2/h3-6,11,16,19H,7-10,17H2,1-2H3. The topological polar surface area (TPSA) is 69.4 Å². The van der Waals surface area contributed by atoms with Gasteiger partial charge in [0.1, 0.15) is 0 Å². The third-order valence-corrected chi connectivity index (χ3v) is 3.44. The number of hydrazine groups is 1. The summed E-state index contributed by atoms with van der Waals surface area (Å²) in [6, 6.07) is 10.4. The van der Waals surface area contributed by atoms with E-state index in [1.807, 2.05) is 19.1 Å². The van der Waals surface area contributed by atoms with Gasteiger partial charge in [0.2, 0.25) is 0 Å². The molecule has 5 nitrogen and oxygen atoms in total. The van der Waals surface area contributed by atoms with Gasteiger partial charge in [0.15, 0.2) is 0 Å². The highest BCUT2D eigenvalue weighted by atomic mass is 16.5. The first-order chi connectivity index (χ1) is 10.2. The summed E-state index contributed by atoms with van der Waals surface area (Å²) in [6.07, 6.45) is 0.811. The van der Waals surface area contributed by atoms with Crippen LogP contribution in [0.2, 0.25) is 0 Å². The van der Waals surface area contributed by atoms with E-state index in [9.17, 15) is 0 Å². The number of hydrogen-bond acceptors (Lipinski definition) is 5. The lowest BCUT2D eigenvalue weighted by atomic mass is 10.0. The second kappa shape index (κ2) is 8.05. The van der Waals surface area contributed by atoms with Crippen LogP contribution in [0, 0.1) is 6.92 Å². The number of aromatic nitrogens is 1. The Labute approximate surface area is 125 Å². The van der Waals surface area contributed by atoms with Gasteiger partial charge in [-0.25, -0.2) is 0 Å². The smallest absolute Gasteiger partial charge is 0.0705 e. The summed E-state index contributed by atoms with van der Waals surface area (Å²) < 4.78 is 10.4. The Morgan fingerprint density at radius 1 is 1.19 bits per heavy atom. The molecule has 0 aliphatic carbocycles. The number of methoxy groups -OCH3 is 1. The monoisotopic (exact) mass is 289 g/mol. The van der Waals surface area contributed by atoms with E-state index < -0.39 is 0 Å². The maximum absolute atomic E-state index is 5.67. The van der Waals surface area contributed by atoms with Gasteiger partial charge in [-0.15, -0.1) is 0 Å². The molecule has 0 aliphatic rings. The predicted molar refractivity (Wildman–Crippen MR) is 83.9 cm³/mol. The van der Waals surface area contributed by atoms with E-state index in [0.29, 0.717) is 19.8 Å². The Kier molecular flexibility index (Phi) is 6.07. The van der Waals surface area contributed by atoms with Gasteiger partial charge in [0.05, 0.1) is 18.7 Å². The van der Waals surface area contributed by atoms with Crippen molar-refractivity contribution in [2.45, 2.75) is 19.4 Å². The number of rotatable bonds is 8. The van der Waals surface area contributed by atoms with Gasteiger partial charge in [0.25, 0.3) is 0 Å². The van der Waals surface area contributed by atoms with Crippen molar-refractivity contribution in [2.24, 2.45) is 5.84 Å². The van der Waals surface area contributed by atoms with E-state index in [-0.39, 0.29) is 6.04 Å². The summed E-state index contributed by atoms with van der Waals surface area (Å²) in [7, 11) is 1.67. The third kappa shape index (κ3) is 4.47.